The van der Waals surface area contributed by atoms with Gasteiger partial charge >= 0.3 is 17.9 Å². The number of hydrogen-bond acceptors (Lipinski definition) is 6. The average molecular weight is 906 g/mol. The zero-order chi connectivity index (χ0) is 47.0. The minimum atomic E-state index is -0.764. The van der Waals surface area contributed by atoms with E-state index in [-0.39, 0.29) is 31.1 Å². The van der Waals surface area contributed by atoms with Crippen molar-refractivity contribution in [3.8, 4) is 0 Å². The fraction of sp³-hybridized carbons (Fsp3) is 0.948. The highest BCUT2D eigenvalue weighted by molar-refractivity contribution is 5.71. The van der Waals surface area contributed by atoms with E-state index in [0.29, 0.717) is 19.3 Å². The maximum atomic E-state index is 12.8. The Morgan fingerprint density at radius 1 is 0.312 bits per heavy atom. The summed E-state index contributed by atoms with van der Waals surface area (Å²) < 4.78 is 16.9. The van der Waals surface area contributed by atoms with Crippen LogP contribution in [-0.2, 0) is 28.6 Å². The van der Waals surface area contributed by atoms with E-state index in [1.807, 2.05) is 0 Å². The highest BCUT2D eigenvalue weighted by atomic mass is 16.6. The average Bonchev–Trinajstić information content (AvgIpc) is 3.28. The lowest BCUT2D eigenvalue weighted by Crippen LogP contribution is -2.30. The lowest BCUT2D eigenvalue weighted by atomic mass is 9.99. The van der Waals surface area contributed by atoms with Crippen molar-refractivity contribution in [1.82, 2.24) is 0 Å². The minimum Gasteiger partial charge on any atom is -0.462 e. The van der Waals surface area contributed by atoms with Gasteiger partial charge in [-0.05, 0) is 37.0 Å². The van der Waals surface area contributed by atoms with Crippen LogP contribution in [0.5, 0.6) is 0 Å². The van der Waals surface area contributed by atoms with Gasteiger partial charge in [0.05, 0.1) is 0 Å². The molecule has 0 aromatic rings. The smallest absolute Gasteiger partial charge is 0.306 e. The second-order valence-corrected chi connectivity index (χ2v) is 20.9. The number of rotatable bonds is 51. The van der Waals surface area contributed by atoms with Gasteiger partial charge < -0.3 is 14.2 Å². The van der Waals surface area contributed by atoms with Gasteiger partial charge in [0, 0.05) is 19.3 Å². The van der Waals surface area contributed by atoms with Gasteiger partial charge in [-0.3, -0.25) is 14.4 Å². The molecule has 0 aromatic carbocycles. The summed E-state index contributed by atoms with van der Waals surface area (Å²) in [5.74, 6) is 1.71. The molecule has 0 N–H and O–H groups in total. The van der Waals surface area contributed by atoms with Crippen LogP contribution in [0.4, 0.5) is 0 Å². The van der Waals surface area contributed by atoms with Crippen molar-refractivity contribution in [3.63, 3.8) is 0 Å². The highest BCUT2D eigenvalue weighted by Gasteiger charge is 2.19. The van der Waals surface area contributed by atoms with Crippen LogP contribution in [0.25, 0.3) is 0 Å². The maximum absolute atomic E-state index is 12.8. The Bertz CT molecular complexity index is 995. The molecule has 0 aliphatic rings. The summed E-state index contributed by atoms with van der Waals surface area (Å²) in [6.07, 6.45) is 50.9. The van der Waals surface area contributed by atoms with E-state index in [9.17, 15) is 14.4 Å². The summed E-state index contributed by atoms with van der Waals surface area (Å²) in [5, 5.41) is 0. The molecular formula is C58H112O6. The topological polar surface area (TPSA) is 78.9 Å². The minimum absolute atomic E-state index is 0.0646. The van der Waals surface area contributed by atoms with Gasteiger partial charge in [0.2, 0.25) is 0 Å². The Morgan fingerprint density at radius 2 is 0.547 bits per heavy atom. The molecule has 0 aliphatic heterocycles. The van der Waals surface area contributed by atoms with Crippen LogP contribution in [-0.4, -0.2) is 37.2 Å². The molecule has 6 nitrogen and oxygen atoms in total. The molecule has 0 aliphatic carbocycles. The molecule has 0 amide bonds. The number of hydrogen-bond donors (Lipinski definition) is 0. The van der Waals surface area contributed by atoms with Gasteiger partial charge in [0.1, 0.15) is 13.2 Å². The fourth-order valence-electron chi connectivity index (χ4n) is 8.76. The first-order valence-corrected chi connectivity index (χ1v) is 28.7. The van der Waals surface area contributed by atoms with Crippen molar-refractivity contribution < 1.29 is 28.6 Å². The summed E-state index contributed by atoms with van der Waals surface area (Å²) in [5.41, 5.74) is 0. The normalized spacial score (nSPS) is 13.0. The van der Waals surface area contributed by atoms with Crippen LogP contribution in [0.3, 0.4) is 0 Å². The Hall–Kier alpha value is -1.59. The number of ether oxygens (including phenoxy) is 3. The van der Waals surface area contributed by atoms with E-state index >= 15 is 0 Å². The third-order valence-corrected chi connectivity index (χ3v) is 13.9. The van der Waals surface area contributed by atoms with Gasteiger partial charge in [-0.2, -0.15) is 0 Å². The van der Waals surface area contributed by atoms with E-state index in [1.165, 1.54) is 199 Å². The second-order valence-electron chi connectivity index (χ2n) is 20.9. The lowest BCUT2D eigenvalue weighted by Gasteiger charge is -2.18. The van der Waals surface area contributed by atoms with Gasteiger partial charge in [-0.25, -0.2) is 0 Å². The Kier molecular flexibility index (Phi) is 48.1. The van der Waals surface area contributed by atoms with E-state index in [2.05, 4.69) is 41.5 Å². The number of carbonyl (C=O) groups excluding carboxylic acids is 3. The van der Waals surface area contributed by atoms with Gasteiger partial charge in [-0.15, -0.1) is 0 Å². The molecule has 0 saturated carbocycles. The van der Waals surface area contributed by atoms with Crippen LogP contribution < -0.4 is 0 Å². The zero-order valence-corrected chi connectivity index (χ0v) is 44.1. The van der Waals surface area contributed by atoms with Crippen molar-refractivity contribution in [1.29, 1.82) is 0 Å². The Labute approximate surface area is 399 Å². The summed E-state index contributed by atoms with van der Waals surface area (Å²) in [6, 6.07) is 0. The van der Waals surface area contributed by atoms with Gasteiger partial charge in [0.25, 0.3) is 0 Å². The first-order valence-electron chi connectivity index (χ1n) is 28.7. The summed E-state index contributed by atoms with van der Waals surface area (Å²) >= 11 is 0. The molecular weight excluding hydrogens is 793 g/mol. The number of unbranched alkanes of at least 4 members (excludes halogenated alkanes) is 32. The van der Waals surface area contributed by atoms with Crippen LogP contribution in [0.15, 0.2) is 0 Å². The number of esters is 3. The highest BCUT2D eigenvalue weighted by Crippen LogP contribution is 2.19. The van der Waals surface area contributed by atoms with Crippen LogP contribution in [0.1, 0.15) is 318 Å². The summed E-state index contributed by atoms with van der Waals surface area (Å²) in [7, 11) is 0. The molecule has 0 saturated heterocycles. The predicted molar refractivity (Wildman–Crippen MR) is 275 cm³/mol. The SMILES string of the molecule is CCC(C)CCCCCCCCCCCCCCCCC(=O)OC[C@@H](COC(=O)CCCCCCCCCCCCCCCCCC(C)C)OC(=O)CCCCCCCCC(C)CC. The molecule has 0 spiro atoms. The first kappa shape index (κ1) is 62.4. The predicted octanol–water partition coefficient (Wildman–Crippen LogP) is 18.7. The van der Waals surface area contributed by atoms with Crippen LogP contribution in [0, 0.1) is 17.8 Å². The second kappa shape index (κ2) is 49.3. The summed E-state index contributed by atoms with van der Waals surface area (Å²) in [4.78, 5) is 38.1. The molecule has 0 rings (SSSR count). The van der Waals surface area contributed by atoms with Crippen molar-refractivity contribution in [2.75, 3.05) is 13.2 Å². The molecule has 0 bridgehead atoms. The van der Waals surface area contributed by atoms with Crippen LogP contribution in [0.2, 0.25) is 0 Å². The first-order chi connectivity index (χ1) is 31.2. The maximum Gasteiger partial charge on any atom is 0.306 e. The lowest BCUT2D eigenvalue weighted by molar-refractivity contribution is -0.167. The zero-order valence-electron chi connectivity index (χ0n) is 44.1. The monoisotopic (exact) mass is 905 g/mol. The Morgan fingerprint density at radius 3 is 0.812 bits per heavy atom. The van der Waals surface area contributed by atoms with Crippen molar-refractivity contribution in [2.24, 2.45) is 17.8 Å². The molecule has 64 heavy (non-hydrogen) atoms. The molecule has 380 valence electrons. The third kappa shape index (κ3) is 48.3. The van der Waals surface area contributed by atoms with E-state index in [1.54, 1.807) is 0 Å². The van der Waals surface area contributed by atoms with Crippen molar-refractivity contribution in [3.05, 3.63) is 0 Å². The number of carbonyl (C=O) groups is 3. The molecule has 0 heterocycles. The van der Waals surface area contributed by atoms with Crippen LogP contribution >= 0.6 is 0 Å². The quantitative estimate of drug-likeness (QED) is 0.0344. The largest absolute Gasteiger partial charge is 0.462 e. The summed E-state index contributed by atoms with van der Waals surface area (Å²) in [6.45, 7) is 13.8. The Balaban J connectivity index is 4.23. The van der Waals surface area contributed by atoms with E-state index in [0.717, 1.165) is 75.5 Å². The fourth-order valence-corrected chi connectivity index (χ4v) is 8.76. The van der Waals surface area contributed by atoms with E-state index < -0.39 is 6.10 Å². The molecule has 0 aromatic heterocycles. The van der Waals surface area contributed by atoms with Gasteiger partial charge in [-0.1, -0.05) is 279 Å². The standard InChI is InChI=1S/C58H112O6/c1-7-53(5)45-39-33-27-23-19-15-12-13-17-21-25-29-36-42-48-57(60)63-51-55(64-58(61)49-43-37-31-30-34-40-46-54(6)8-2)50-62-56(59)47-41-35-28-24-20-16-11-9-10-14-18-22-26-32-38-44-52(3)4/h52-55H,7-51H2,1-6H3/t53?,54?,55-/m1/s1. The van der Waals surface area contributed by atoms with Crippen molar-refractivity contribution in [2.45, 2.75) is 324 Å². The van der Waals surface area contributed by atoms with Gasteiger partial charge in [0.15, 0.2) is 6.10 Å². The van der Waals surface area contributed by atoms with E-state index in [4.69, 9.17) is 14.2 Å². The molecule has 6 heteroatoms. The van der Waals surface area contributed by atoms with Crippen molar-refractivity contribution >= 4 is 17.9 Å². The molecule has 0 radical (unpaired) electrons. The molecule has 3 atom stereocenters. The molecule has 0 fully saturated rings. The third-order valence-electron chi connectivity index (χ3n) is 13.9. The molecule has 2 unspecified atom stereocenters.